The molecule has 2 atom stereocenters. The lowest BCUT2D eigenvalue weighted by molar-refractivity contribution is 0.173. The smallest absolute Gasteiger partial charge is 0.354 e. The second kappa shape index (κ2) is 7.81. The monoisotopic (exact) mass is 352 g/mol. The fourth-order valence-electron chi connectivity index (χ4n) is 3.09. The van der Waals surface area contributed by atoms with Crippen molar-refractivity contribution in [2.24, 2.45) is 4.99 Å². The van der Waals surface area contributed by atoms with Crippen molar-refractivity contribution in [1.29, 1.82) is 0 Å². The number of nitrogens with zero attached hydrogens (tertiary/aromatic N) is 2. The Balaban J connectivity index is 2.15. The molecule has 0 spiro atoms. The van der Waals surface area contributed by atoms with E-state index in [4.69, 9.17) is 9.05 Å². The van der Waals surface area contributed by atoms with Crippen LogP contribution in [0.15, 0.2) is 35.3 Å². The molecular weight excluding hydrogens is 323 g/mol. The summed E-state index contributed by atoms with van der Waals surface area (Å²) in [6, 6.07) is 10.4. The van der Waals surface area contributed by atoms with E-state index in [-0.39, 0.29) is 0 Å². The van der Waals surface area contributed by atoms with Crippen molar-refractivity contribution in [3.63, 3.8) is 0 Å². The van der Waals surface area contributed by atoms with E-state index in [9.17, 15) is 4.57 Å². The summed E-state index contributed by atoms with van der Waals surface area (Å²) in [5.74, 6) is -0.165. The SMILES string of the molecule is CCOP(=O)(OCC)C1N=CN(CC(C)c2ccccc2)C1(C)C. The third-order valence-electron chi connectivity index (χ3n) is 4.48. The van der Waals surface area contributed by atoms with Gasteiger partial charge in [0.15, 0.2) is 5.78 Å². The first kappa shape index (κ1) is 19.2. The number of rotatable bonds is 8. The van der Waals surface area contributed by atoms with Gasteiger partial charge in [-0.15, -0.1) is 0 Å². The average Bonchev–Trinajstić information content (AvgIpc) is 2.84. The minimum Gasteiger partial charge on any atom is -0.354 e. The molecule has 5 nitrogen and oxygen atoms in total. The molecule has 1 aromatic carbocycles. The van der Waals surface area contributed by atoms with E-state index in [0.29, 0.717) is 19.1 Å². The molecule has 2 rings (SSSR count). The van der Waals surface area contributed by atoms with E-state index in [1.54, 1.807) is 6.34 Å². The minimum absolute atomic E-state index is 0.342. The summed E-state index contributed by atoms with van der Waals surface area (Å²) < 4.78 is 24.2. The van der Waals surface area contributed by atoms with Gasteiger partial charge < -0.3 is 13.9 Å². The molecule has 134 valence electrons. The molecule has 1 aliphatic heterocycles. The molecule has 1 heterocycles. The van der Waals surface area contributed by atoms with Crippen LogP contribution in [0, 0.1) is 0 Å². The van der Waals surface area contributed by atoms with Gasteiger partial charge in [0.2, 0.25) is 0 Å². The van der Waals surface area contributed by atoms with Crippen LogP contribution >= 0.6 is 7.60 Å². The van der Waals surface area contributed by atoms with Gasteiger partial charge in [-0.25, -0.2) is 0 Å². The molecule has 0 aromatic heterocycles. The van der Waals surface area contributed by atoms with Gasteiger partial charge in [0.1, 0.15) is 0 Å². The number of hydrogen-bond acceptors (Lipinski definition) is 5. The summed E-state index contributed by atoms with van der Waals surface area (Å²) in [6.07, 6.45) is 1.80. The predicted molar refractivity (Wildman–Crippen MR) is 98.8 cm³/mol. The second-order valence-corrected chi connectivity index (χ2v) is 8.72. The highest BCUT2D eigenvalue weighted by molar-refractivity contribution is 7.54. The van der Waals surface area contributed by atoms with Crippen molar-refractivity contribution in [2.75, 3.05) is 19.8 Å². The zero-order valence-electron chi connectivity index (χ0n) is 15.3. The van der Waals surface area contributed by atoms with Crippen LogP contribution in [0.2, 0.25) is 0 Å². The van der Waals surface area contributed by atoms with E-state index in [1.165, 1.54) is 5.56 Å². The molecule has 0 saturated carbocycles. The lowest BCUT2D eigenvalue weighted by Crippen LogP contribution is -2.47. The van der Waals surface area contributed by atoms with Gasteiger partial charge >= 0.3 is 7.60 Å². The molecule has 0 bridgehead atoms. The van der Waals surface area contributed by atoms with Crippen LogP contribution < -0.4 is 0 Å². The standard InChI is InChI=1S/C18H29N2O3P/c1-6-22-24(21,23-7-2)17-18(4,5)20(14-19-17)13-15(3)16-11-9-8-10-12-16/h8-12,14-15,17H,6-7,13H2,1-5H3. The third-order valence-corrected chi connectivity index (χ3v) is 7.08. The van der Waals surface area contributed by atoms with Crippen LogP contribution in [0.25, 0.3) is 0 Å². The molecule has 0 fully saturated rings. The maximum atomic E-state index is 13.1. The Kier molecular flexibility index (Phi) is 6.24. The molecule has 0 N–H and O–H groups in total. The Morgan fingerprint density at radius 1 is 1.21 bits per heavy atom. The maximum Gasteiger partial charge on any atom is 0.357 e. The average molecular weight is 352 g/mol. The zero-order valence-corrected chi connectivity index (χ0v) is 16.2. The quantitative estimate of drug-likeness (QED) is 0.646. The molecule has 24 heavy (non-hydrogen) atoms. The molecule has 1 aromatic rings. The maximum absolute atomic E-state index is 13.1. The summed E-state index contributed by atoms with van der Waals surface area (Å²) in [5, 5.41) is 0. The fraction of sp³-hybridized carbons (Fsp3) is 0.611. The van der Waals surface area contributed by atoms with Crippen molar-refractivity contribution in [2.45, 2.75) is 51.9 Å². The van der Waals surface area contributed by atoms with E-state index in [1.807, 2.05) is 33.8 Å². The molecule has 0 saturated heterocycles. The van der Waals surface area contributed by atoms with Crippen LogP contribution in [0.4, 0.5) is 0 Å². The van der Waals surface area contributed by atoms with Crippen molar-refractivity contribution in [1.82, 2.24) is 4.90 Å². The van der Waals surface area contributed by atoms with E-state index < -0.39 is 18.9 Å². The van der Waals surface area contributed by atoms with Crippen LogP contribution in [0.3, 0.4) is 0 Å². The predicted octanol–water partition coefficient (Wildman–Crippen LogP) is 4.50. The van der Waals surface area contributed by atoms with Gasteiger partial charge in [-0.05, 0) is 39.2 Å². The molecule has 2 unspecified atom stereocenters. The molecule has 0 amide bonds. The number of benzene rings is 1. The van der Waals surface area contributed by atoms with E-state index in [2.05, 4.69) is 41.1 Å². The largest absolute Gasteiger partial charge is 0.357 e. The summed E-state index contributed by atoms with van der Waals surface area (Å²) in [6.45, 7) is 11.4. The molecule has 6 heteroatoms. The topological polar surface area (TPSA) is 51.1 Å². The van der Waals surface area contributed by atoms with Crippen LogP contribution in [-0.4, -0.2) is 42.3 Å². The van der Waals surface area contributed by atoms with Gasteiger partial charge in [-0.1, -0.05) is 37.3 Å². The van der Waals surface area contributed by atoms with Crippen molar-refractivity contribution in [3.05, 3.63) is 35.9 Å². The second-order valence-electron chi connectivity index (χ2n) is 6.63. The van der Waals surface area contributed by atoms with Crippen LogP contribution in [-0.2, 0) is 13.6 Å². The number of aliphatic imine (C=N–C) groups is 1. The highest BCUT2D eigenvalue weighted by Gasteiger charge is 2.51. The Morgan fingerprint density at radius 2 is 1.79 bits per heavy atom. The Labute approximate surface area is 145 Å². The summed E-state index contributed by atoms with van der Waals surface area (Å²) >= 11 is 0. The lowest BCUT2D eigenvalue weighted by atomic mass is 9.97. The van der Waals surface area contributed by atoms with Gasteiger partial charge in [0, 0.05) is 6.54 Å². The van der Waals surface area contributed by atoms with Crippen LogP contribution in [0.1, 0.15) is 46.1 Å². The van der Waals surface area contributed by atoms with Crippen LogP contribution in [0.5, 0.6) is 0 Å². The van der Waals surface area contributed by atoms with Gasteiger partial charge in [0.25, 0.3) is 0 Å². The zero-order chi connectivity index (χ0) is 17.8. The lowest BCUT2D eigenvalue weighted by Gasteiger charge is -2.39. The highest BCUT2D eigenvalue weighted by Crippen LogP contribution is 2.59. The molecule has 0 radical (unpaired) electrons. The van der Waals surface area contributed by atoms with Crippen molar-refractivity contribution >= 4 is 13.9 Å². The molecule has 1 aliphatic rings. The van der Waals surface area contributed by atoms with Gasteiger partial charge in [-0.2, -0.15) is 0 Å². The minimum atomic E-state index is -3.28. The first-order valence-electron chi connectivity index (χ1n) is 8.59. The number of hydrogen-bond donors (Lipinski definition) is 0. The van der Waals surface area contributed by atoms with Gasteiger partial charge in [0.05, 0.1) is 25.1 Å². The first-order valence-corrected chi connectivity index (χ1v) is 10.2. The van der Waals surface area contributed by atoms with E-state index >= 15 is 0 Å². The first-order chi connectivity index (χ1) is 11.3. The Bertz CT molecular complexity index is 594. The normalized spacial score (nSPS) is 21.2. The highest BCUT2D eigenvalue weighted by atomic mass is 31.2. The Hall–Kier alpha value is -1.16. The van der Waals surface area contributed by atoms with E-state index in [0.717, 1.165) is 6.54 Å². The molecule has 0 aliphatic carbocycles. The summed E-state index contributed by atoms with van der Waals surface area (Å²) in [7, 11) is -3.28. The van der Waals surface area contributed by atoms with Crippen molar-refractivity contribution in [3.8, 4) is 0 Å². The third kappa shape index (κ3) is 3.90. The fourth-order valence-corrected chi connectivity index (χ4v) is 5.32. The summed E-state index contributed by atoms with van der Waals surface area (Å²) in [4.78, 5) is 6.67. The summed E-state index contributed by atoms with van der Waals surface area (Å²) in [5.41, 5.74) is 0.853. The van der Waals surface area contributed by atoms with Crippen molar-refractivity contribution < 1.29 is 13.6 Å². The van der Waals surface area contributed by atoms with Gasteiger partial charge in [-0.3, -0.25) is 9.56 Å². The molecular formula is C18H29N2O3P. The Morgan fingerprint density at radius 3 is 2.33 bits per heavy atom.